The molecule has 1 fully saturated rings. The molecule has 3 rings (SSSR count). The summed E-state index contributed by atoms with van der Waals surface area (Å²) in [5.41, 5.74) is -0.0689. The Morgan fingerprint density at radius 1 is 1.06 bits per heavy atom. The number of unbranched alkanes of at least 4 members (excludes halogenated alkanes) is 3. The van der Waals surface area contributed by atoms with Crippen molar-refractivity contribution in [2.24, 2.45) is 0 Å². The smallest absolute Gasteiger partial charge is 0.335 e. The normalized spacial score (nSPS) is 14.7. The summed E-state index contributed by atoms with van der Waals surface area (Å²) >= 11 is 6.45. The first-order valence-corrected chi connectivity index (χ1v) is 11.9. The minimum atomic E-state index is -0.962. The number of hydrogen-bond donors (Lipinski definition) is 1. The molecule has 1 N–H and O–H groups in total. The molecule has 11 heteroatoms. The maximum Gasteiger partial charge on any atom is 0.335 e. The van der Waals surface area contributed by atoms with Gasteiger partial charge in [-0.15, -0.1) is 0 Å². The molecule has 2 aromatic carbocycles. The van der Waals surface area contributed by atoms with Crippen LogP contribution in [0.2, 0.25) is 5.02 Å². The number of amides is 4. The van der Waals surface area contributed by atoms with Crippen molar-refractivity contribution >= 4 is 46.9 Å². The molecule has 2 aromatic rings. The third-order valence-electron chi connectivity index (χ3n) is 5.31. The van der Waals surface area contributed by atoms with Crippen molar-refractivity contribution in [3.63, 3.8) is 0 Å². The number of imide groups is 2. The molecular weight excluding hydrogens is 490 g/mol. The van der Waals surface area contributed by atoms with Crippen molar-refractivity contribution in [1.82, 2.24) is 5.32 Å². The number of ether oxygens (including phenoxy) is 2. The molecule has 0 spiro atoms. The number of nitrogens with one attached hydrogen (secondary N) is 1. The fraction of sp³-hybridized carbons (Fsp3) is 0.320. The van der Waals surface area contributed by atoms with Crippen LogP contribution in [0, 0.1) is 10.1 Å². The van der Waals surface area contributed by atoms with Gasteiger partial charge in [0.15, 0.2) is 11.5 Å². The first kappa shape index (κ1) is 26.7. The van der Waals surface area contributed by atoms with Gasteiger partial charge in [0.05, 0.1) is 28.8 Å². The second kappa shape index (κ2) is 12.2. The lowest BCUT2D eigenvalue weighted by molar-refractivity contribution is -0.384. The number of urea groups is 1. The van der Waals surface area contributed by atoms with E-state index in [9.17, 15) is 24.5 Å². The lowest BCUT2D eigenvalue weighted by atomic mass is 10.1. The highest BCUT2D eigenvalue weighted by molar-refractivity contribution is 6.39. The number of nitrogens with zero attached hydrogens (tertiary/aromatic N) is 2. The third kappa shape index (κ3) is 6.19. The van der Waals surface area contributed by atoms with Gasteiger partial charge in [0.25, 0.3) is 17.5 Å². The van der Waals surface area contributed by atoms with E-state index in [-0.39, 0.29) is 22.0 Å². The lowest BCUT2D eigenvalue weighted by Crippen LogP contribution is -2.54. The predicted octanol–water partition coefficient (Wildman–Crippen LogP) is 5.27. The Morgan fingerprint density at radius 2 is 1.78 bits per heavy atom. The molecule has 1 aliphatic heterocycles. The number of barbiturate groups is 1. The molecule has 4 amide bonds. The summed E-state index contributed by atoms with van der Waals surface area (Å²) in [4.78, 5) is 49.0. The summed E-state index contributed by atoms with van der Waals surface area (Å²) in [5, 5.41) is 13.3. The van der Waals surface area contributed by atoms with Crippen LogP contribution in [0.5, 0.6) is 11.5 Å². The SMILES string of the molecule is CCCCCCOc1c(Cl)cc(/C=C2/C(=O)NC(=O)N(c3ccc([N+](=O)[O-])cc3)C2=O)cc1OCC. The molecule has 0 atom stereocenters. The minimum Gasteiger partial charge on any atom is -0.490 e. The minimum absolute atomic E-state index is 0.0707. The zero-order chi connectivity index (χ0) is 26.2. The number of rotatable bonds is 11. The van der Waals surface area contributed by atoms with Gasteiger partial charge in [-0.3, -0.25) is 25.0 Å². The molecule has 0 aliphatic carbocycles. The van der Waals surface area contributed by atoms with E-state index in [0.717, 1.165) is 42.7 Å². The van der Waals surface area contributed by atoms with Crippen LogP contribution in [-0.2, 0) is 9.59 Å². The van der Waals surface area contributed by atoms with Crippen molar-refractivity contribution in [3.05, 3.63) is 62.7 Å². The van der Waals surface area contributed by atoms with E-state index in [1.54, 1.807) is 13.0 Å². The number of carbonyl (C=O) groups excluding carboxylic acids is 3. The molecule has 36 heavy (non-hydrogen) atoms. The fourth-order valence-electron chi connectivity index (χ4n) is 3.56. The van der Waals surface area contributed by atoms with E-state index in [1.807, 2.05) is 0 Å². The van der Waals surface area contributed by atoms with E-state index in [4.69, 9.17) is 21.1 Å². The number of hydrogen-bond acceptors (Lipinski definition) is 7. The van der Waals surface area contributed by atoms with Crippen molar-refractivity contribution in [2.75, 3.05) is 18.1 Å². The standard InChI is InChI=1S/C25H26ClN3O7/c1-3-5-6-7-12-36-22-20(26)14-16(15-21(22)35-4-2)13-19-23(30)27-25(32)28(24(19)31)17-8-10-18(11-9-17)29(33)34/h8-11,13-15H,3-7,12H2,1-2H3,(H,27,30,32)/b19-13-. The van der Waals surface area contributed by atoms with E-state index in [1.165, 1.54) is 24.3 Å². The maximum absolute atomic E-state index is 13.1. The van der Waals surface area contributed by atoms with Gasteiger partial charge < -0.3 is 9.47 Å². The van der Waals surface area contributed by atoms with Gasteiger partial charge >= 0.3 is 6.03 Å². The van der Waals surface area contributed by atoms with Crippen LogP contribution in [0.15, 0.2) is 42.0 Å². The highest BCUT2D eigenvalue weighted by atomic mass is 35.5. The van der Waals surface area contributed by atoms with Gasteiger partial charge in [0, 0.05) is 12.1 Å². The van der Waals surface area contributed by atoms with Gasteiger partial charge in [-0.2, -0.15) is 0 Å². The zero-order valence-electron chi connectivity index (χ0n) is 19.9. The van der Waals surface area contributed by atoms with E-state index in [0.29, 0.717) is 30.3 Å². The van der Waals surface area contributed by atoms with Gasteiger partial charge in [-0.05, 0) is 49.2 Å². The number of anilines is 1. The number of nitro groups is 1. The number of non-ortho nitro benzene ring substituents is 1. The number of benzene rings is 2. The molecule has 0 radical (unpaired) electrons. The van der Waals surface area contributed by atoms with Crippen LogP contribution >= 0.6 is 11.6 Å². The largest absolute Gasteiger partial charge is 0.490 e. The monoisotopic (exact) mass is 515 g/mol. The zero-order valence-corrected chi connectivity index (χ0v) is 20.7. The van der Waals surface area contributed by atoms with Crippen LogP contribution in [0.4, 0.5) is 16.2 Å². The predicted molar refractivity (Wildman–Crippen MR) is 134 cm³/mol. The second-order valence-electron chi connectivity index (χ2n) is 7.90. The van der Waals surface area contributed by atoms with E-state index >= 15 is 0 Å². The Labute approximate surface area is 213 Å². The third-order valence-corrected chi connectivity index (χ3v) is 5.59. The topological polar surface area (TPSA) is 128 Å². The summed E-state index contributed by atoms with van der Waals surface area (Å²) in [5.74, 6) is -1.03. The van der Waals surface area contributed by atoms with Crippen molar-refractivity contribution in [2.45, 2.75) is 39.5 Å². The molecule has 0 aromatic heterocycles. The molecule has 1 aliphatic rings. The first-order chi connectivity index (χ1) is 17.3. The summed E-state index contributed by atoms with van der Waals surface area (Å²) in [6, 6.07) is 6.98. The molecule has 0 saturated carbocycles. The Morgan fingerprint density at radius 3 is 2.42 bits per heavy atom. The molecule has 10 nitrogen and oxygen atoms in total. The number of halogens is 1. The quantitative estimate of drug-likeness (QED) is 0.142. The Kier molecular flexibility index (Phi) is 9.02. The molecular formula is C25H26ClN3O7. The van der Waals surface area contributed by atoms with Gasteiger partial charge in [-0.25, -0.2) is 9.69 Å². The second-order valence-corrected chi connectivity index (χ2v) is 8.31. The van der Waals surface area contributed by atoms with Crippen molar-refractivity contribution in [3.8, 4) is 11.5 Å². The van der Waals surface area contributed by atoms with Crippen LogP contribution in [0.25, 0.3) is 6.08 Å². The first-order valence-electron chi connectivity index (χ1n) is 11.5. The highest BCUT2D eigenvalue weighted by Crippen LogP contribution is 2.38. The molecule has 190 valence electrons. The van der Waals surface area contributed by atoms with Gasteiger partial charge in [0.1, 0.15) is 5.57 Å². The van der Waals surface area contributed by atoms with Crippen molar-refractivity contribution < 1.29 is 28.8 Å². The summed E-state index contributed by atoms with van der Waals surface area (Å²) in [7, 11) is 0. The highest BCUT2D eigenvalue weighted by Gasteiger charge is 2.37. The lowest BCUT2D eigenvalue weighted by Gasteiger charge is -2.26. The van der Waals surface area contributed by atoms with Gasteiger partial charge in [0.2, 0.25) is 0 Å². The summed E-state index contributed by atoms with van der Waals surface area (Å²) in [6.45, 7) is 4.73. The Balaban J connectivity index is 1.90. The van der Waals surface area contributed by atoms with Gasteiger partial charge in [-0.1, -0.05) is 37.8 Å². The van der Waals surface area contributed by atoms with Crippen LogP contribution < -0.4 is 19.7 Å². The molecule has 0 bridgehead atoms. The summed E-state index contributed by atoms with van der Waals surface area (Å²) in [6.07, 6.45) is 5.40. The average molecular weight is 516 g/mol. The fourth-order valence-corrected chi connectivity index (χ4v) is 3.83. The molecule has 1 heterocycles. The maximum atomic E-state index is 13.1. The van der Waals surface area contributed by atoms with Crippen molar-refractivity contribution in [1.29, 1.82) is 0 Å². The number of carbonyl (C=O) groups is 3. The molecule has 0 unspecified atom stereocenters. The van der Waals surface area contributed by atoms with Crippen LogP contribution in [-0.4, -0.2) is 36.0 Å². The summed E-state index contributed by atoms with van der Waals surface area (Å²) < 4.78 is 11.5. The van der Waals surface area contributed by atoms with Crippen LogP contribution in [0.3, 0.4) is 0 Å². The van der Waals surface area contributed by atoms with E-state index < -0.39 is 22.8 Å². The average Bonchev–Trinajstić information content (AvgIpc) is 2.83. The Hall–Kier alpha value is -3.92. The van der Waals surface area contributed by atoms with Crippen LogP contribution in [0.1, 0.15) is 45.1 Å². The number of nitro benzene ring substituents is 1. The Bertz CT molecular complexity index is 1190. The van der Waals surface area contributed by atoms with E-state index in [2.05, 4.69) is 12.2 Å². The molecule has 1 saturated heterocycles.